The summed E-state index contributed by atoms with van der Waals surface area (Å²) in [6.45, 7) is 3.89. The topological polar surface area (TPSA) is 92.3 Å². The molecule has 1 aliphatic heterocycles. The molecule has 0 radical (unpaired) electrons. The molecule has 154 valence electrons. The van der Waals surface area contributed by atoms with Gasteiger partial charge < -0.3 is 10.6 Å². The fourth-order valence-corrected chi connectivity index (χ4v) is 5.81. The number of rotatable bonds is 5. The third-order valence-corrected chi connectivity index (χ3v) is 7.93. The number of fused-ring (bicyclic) bond motifs is 1. The highest BCUT2D eigenvalue weighted by Gasteiger charge is 2.23. The number of halogens is 1. The van der Waals surface area contributed by atoms with E-state index in [0.717, 1.165) is 14.9 Å². The van der Waals surface area contributed by atoms with Gasteiger partial charge in [-0.15, -0.1) is 11.8 Å². The summed E-state index contributed by atoms with van der Waals surface area (Å²) in [5, 5.41) is 5.60. The van der Waals surface area contributed by atoms with Crippen LogP contribution in [0.5, 0.6) is 0 Å². The molecule has 2 aromatic carbocycles. The highest BCUT2D eigenvalue weighted by molar-refractivity contribution is 9.10. The number of amides is 2. The highest BCUT2D eigenvalue weighted by Crippen LogP contribution is 2.36. The van der Waals surface area contributed by atoms with Crippen molar-refractivity contribution in [1.82, 2.24) is 0 Å². The Bertz CT molecular complexity index is 1070. The largest absolute Gasteiger partial charge is 0.325 e. The number of aryl methyl sites for hydroxylation is 1. The summed E-state index contributed by atoms with van der Waals surface area (Å²) < 4.78 is 26.2. The van der Waals surface area contributed by atoms with E-state index in [-0.39, 0.29) is 34.1 Å². The molecule has 0 aromatic heterocycles. The third kappa shape index (κ3) is 5.61. The smallest absolute Gasteiger partial charge is 0.225 e. The van der Waals surface area contributed by atoms with Crippen molar-refractivity contribution in [2.75, 3.05) is 16.4 Å². The van der Waals surface area contributed by atoms with Gasteiger partial charge in [0.05, 0.1) is 22.0 Å². The van der Waals surface area contributed by atoms with E-state index < -0.39 is 9.84 Å². The summed E-state index contributed by atoms with van der Waals surface area (Å²) in [4.78, 5) is 25.1. The molecule has 1 heterocycles. The highest BCUT2D eigenvalue weighted by atomic mass is 79.9. The molecule has 3 rings (SSSR count). The zero-order valence-corrected chi connectivity index (χ0v) is 19.2. The Balaban J connectivity index is 1.69. The third-order valence-electron chi connectivity index (χ3n) is 4.38. The number of hydrogen-bond acceptors (Lipinski definition) is 5. The zero-order valence-electron chi connectivity index (χ0n) is 16.0. The maximum Gasteiger partial charge on any atom is 0.225 e. The molecule has 9 heteroatoms. The molecule has 0 bridgehead atoms. The molecule has 0 aliphatic carbocycles. The predicted molar refractivity (Wildman–Crippen MR) is 119 cm³/mol. The van der Waals surface area contributed by atoms with E-state index in [2.05, 4.69) is 26.6 Å². The fraction of sp³-hybridized carbons (Fsp3) is 0.300. The van der Waals surface area contributed by atoms with E-state index in [9.17, 15) is 18.0 Å². The Labute approximate surface area is 182 Å². The molecule has 1 unspecified atom stereocenters. The van der Waals surface area contributed by atoms with Gasteiger partial charge in [0.2, 0.25) is 11.8 Å². The second-order valence-corrected chi connectivity index (χ2v) is 11.4. The summed E-state index contributed by atoms with van der Waals surface area (Å²) in [7, 11) is -3.67. The van der Waals surface area contributed by atoms with Gasteiger partial charge in [-0.1, -0.05) is 13.0 Å². The molecule has 2 amide bonds. The number of carbonyl (C=O) groups excluding carboxylic acids is 2. The quantitative estimate of drug-likeness (QED) is 0.640. The molecule has 29 heavy (non-hydrogen) atoms. The number of sulfone groups is 1. The van der Waals surface area contributed by atoms with Crippen molar-refractivity contribution in [3.8, 4) is 0 Å². The summed E-state index contributed by atoms with van der Waals surface area (Å²) in [5.74, 6) is -0.842. The fourth-order valence-electron chi connectivity index (χ4n) is 2.90. The normalized spacial score (nSPS) is 16.5. The van der Waals surface area contributed by atoms with Crippen LogP contribution in [0.15, 0.2) is 50.7 Å². The molecule has 1 aliphatic rings. The Hall–Kier alpha value is -1.84. The minimum atomic E-state index is -3.67. The van der Waals surface area contributed by atoms with Gasteiger partial charge in [-0.2, -0.15) is 0 Å². The molecule has 1 atom stereocenters. The van der Waals surface area contributed by atoms with Crippen LogP contribution in [0.2, 0.25) is 0 Å². The lowest BCUT2D eigenvalue weighted by molar-refractivity contribution is -0.116. The van der Waals surface area contributed by atoms with Crippen LogP contribution < -0.4 is 10.6 Å². The zero-order chi connectivity index (χ0) is 21.2. The second kappa shape index (κ2) is 8.89. The van der Waals surface area contributed by atoms with Gasteiger partial charge >= 0.3 is 0 Å². The summed E-state index contributed by atoms with van der Waals surface area (Å²) in [6.07, 6.45) is 0.202. The lowest BCUT2D eigenvalue weighted by atomic mass is 10.2. The van der Waals surface area contributed by atoms with Crippen molar-refractivity contribution < 1.29 is 18.0 Å². The standard InChI is InChI=1S/C20H21BrN2O4S2/c1-12-3-5-16(15(21)9-12)22-19(24)7-8-29(26,27)14-4-6-18-17(11-14)23-20(25)10-13(2)28-18/h3-6,9,11,13H,7-8,10H2,1-2H3,(H,22,24)(H,23,25). The minimum Gasteiger partial charge on any atom is -0.325 e. The van der Waals surface area contributed by atoms with Crippen molar-refractivity contribution in [3.63, 3.8) is 0 Å². The first kappa shape index (κ1) is 21.9. The predicted octanol–water partition coefficient (Wildman–Crippen LogP) is 4.38. The molecule has 2 N–H and O–H groups in total. The monoisotopic (exact) mass is 496 g/mol. The van der Waals surface area contributed by atoms with Crippen LogP contribution in [-0.4, -0.2) is 31.2 Å². The van der Waals surface area contributed by atoms with Gasteiger partial charge in [0.25, 0.3) is 0 Å². The van der Waals surface area contributed by atoms with Crippen LogP contribution in [0.3, 0.4) is 0 Å². The van der Waals surface area contributed by atoms with E-state index in [1.807, 2.05) is 26.0 Å². The van der Waals surface area contributed by atoms with E-state index in [1.54, 1.807) is 12.1 Å². The van der Waals surface area contributed by atoms with Crippen LogP contribution >= 0.6 is 27.7 Å². The molecular formula is C20H21BrN2O4S2. The Morgan fingerprint density at radius 2 is 2.03 bits per heavy atom. The van der Waals surface area contributed by atoms with Gasteiger partial charge in [-0.05, 0) is 58.7 Å². The first-order chi connectivity index (χ1) is 13.6. The maximum atomic E-state index is 12.7. The SMILES string of the molecule is Cc1ccc(NC(=O)CCS(=O)(=O)c2ccc3c(c2)NC(=O)CC(C)S3)c(Br)c1. The number of benzene rings is 2. The van der Waals surface area contributed by atoms with Gasteiger partial charge in [0, 0.05) is 27.5 Å². The van der Waals surface area contributed by atoms with Crippen molar-refractivity contribution in [2.24, 2.45) is 0 Å². The number of thioether (sulfide) groups is 1. The average molecular weight is 497 g/mol. The molecule has 0 saturated heterocycles. The number of carbonyl (C=O) groups is 2. The van der Waals surface area contributed by atoms with Gasteiger partial charge in [-0.25, -0.2) is 8.42 Å². The first-order valence-corrected chi connectivity index (χ1v) is 12.4. The van der Waals surface area contributed by atoms with E-state index in [0.29, 0.717) is 17.8 Å². The van der Waals surface area contributed by atoms with Crippen molar-refractivity contribution in [3.05, 3.63) is 46.4 Å². The van der Waals surface area contributed by atoms with Crippen LogP contribution in [0.1, 0.15) is 25.3 Å². The second-order valence-electron chi connectivity index (χ2n) is 6.94. The molecule has 0 saturated carbocycles. The van der Waals surface area contributed by atoms with Crippen molar-refractivity contribution >= 4 is 60.7 Å². The summed E-state index contributed by atoms with van der Waals surface area (Å²) >= 11 is 4.91. The lowest BCUT2D eigenvalue weighted by Gasteiger charge is -2.11. The summed E-state index contributed by atoms with van der Waals surface area (Å²) in [6, 6.07) is 10.2. The van der Waals surface area contributed by atoms with Gasteiger partial charge in [0.1, 0.15) is 0 Å². The van der Waals surface area contributed by atoms with Crippen molar-refractivity contribution in [1.29, 1.82) is 0 Å². The molecular weight excluding hydrogens is 476 g/mol. The molecule has 6 nitrogen and oxygen atoms in total. The van der Waals surface area contributed by atoms with E-state index in [1.165, 1.54) is 23.9 Å². The Kier molecular flexibility index (Phi) is 6.70. The van der Waals surface area contributed by atoms with Crippen LogP contribution in [0.25, 0.3) is 0 Å². The Morgan fingerprint density at radius 1 is 1.28 bits per heavy atom. The first-order valence-electron chi connectivity index (χ1n) is 9.03. The lowest BCUT2D eigenvalue weighted by Crippen LogP contribution is -2.18. The molecule has 0 fully saturated rings. The number of nitrogens with one attached hydrogen (secondary N) is 2. The van der Waals surface area contributed by atoms with Crippen molar-refractivity contribution in [2.45, 2.75) is 41.7 Å². The van der Waals surface area contributed by atoms with E-state index in [4.69, 9.17) is 0 Å². The molecule has 2 aromatic rings. The van der Waals surface area contributed by atoms with Crippen LogP contribution in [0, 0.1) is 6.92 Å². The van der Waals surface area contributed by atoms with Crippen LogP contribution in [-0.2, 0) is 19.4 Å². The van der Waals surface area contributed by atoms with Crippen LogP contribution in [0.4, 0.5) is 11.4 Å². The minimum absolute atomic E-state index is 0.0935. The maximum absolute atomic E-state index is 12.7. The summed E-state index contributed by atoms with van der Waals surface area (Å²) in [5.41, 5.74) is 2.13. The average Bonchev–Trinajstić information content (AvgIpc) is 2.78. The Morgan fingerprint density at radius 3 is 2.76 bits per heavy atom. The van der Waals surface area contributed by atoms with E-state index >= 15 is 0 Å². The number of anilines is 2. The van der Waals surface area contributed by atoms with Gasteiger partial charge in [-0.3, -0.25) is 9.59 Å². The number of hydrogen-bond donors (Lipinski definition) is 2. The molecule has 0 spiro atoms. The van der Waals surface area contributed by atoms with Gasteiger partial charge in [0.15, 0.2) is 9.84 Å².